The van der Waals surface area contributed by atoms with Crippen LogP contribution in [-0.4, -0.2) is 49.6 Å². The minimum Gasteiger partial charge on any atom is -0.314 e. The molecule has 19 heavy (non-hydrogen) atoms. The Bertz CT molecular complexity index is 474. The number of nitrogens with zero attached hydrogens (tertiary/aromatic N) is 2. The average Bonchev–Trinajstić information content (AvgIpc) is 2.82. The summed E-state index contributed by atoms with van der Waals surface area (Å²) in [5.41, 5.74) is 0.408. The summed E-state index contributed by atoms with van der Waals surface area (Å²) >= 11 is 0. The number of hydrogen-bond donors (Lipinski definition) is 1. The topological polar surface area (TPSA) is 35.6 Å². The van der Waals surface area contributed by atoms with Crippen molar-refractivity contribution in [2.45, 2.75) is 12.5 Å². The first-order valence-corrected chi connectivity index (χ1v) is 6.78. The lowest BCUT2D eigenvalue weighted by Crippen LogP contribution is -2.51. The molecule has 102 valence electrons. The standard InChI is InChI=1S/C14H18FN3O/c15-11-3-1-2-4-12(11)18-8-5-13(14(18)19)17-9-6-16-7-10-17/h1-4,13,16H,5-10H2. The number of rotatable bonds is 2. The summed E-state index contributed by atoms with van der Waals surface area (Å²) in [4.78, 5) is 16.2. The fourth-order valence-corrected chi connectivity index (χ4v) is 2.91. The molecule has 3 rings (SSSR count). The summed E-state index contributed by atoms with van der Waals surface area (Å²) in [7, 11) is 0. The van der Waals surface area contributed by atoms with Crippen LogP contribution in [0.4, 0.5) is 10.1 Å². The number of nitrogens with one attached hydrogen (secondary N) is 1. The highest BCUT2D eigenvalue weighted by atomic mass is 19.1. The Morgan fingerprint density at radius 3 is 2.63 bits per heavy atom. The molecule has 2 aliphatic rings. The Balaban J connectivity index is 1.76. The van der Waals surface area contributed by atoms with E-state index < -0.39 is 0 Å². The highest BCUT2D eigenvalue weighted by Crippen LogP contribution is 2.26. The molecule has 1 aromatic carbocycles. The van der Waals surface area contributed by atoms with E-state index >= 15 is 0 Å². The molecule has 2 fully saturated rings. The molecule has 0 spiro atoms. The molecule has 0 aliphatic carbocycles. The number of halogens is 1. The molecule has 0 radical (unpaired) electrons. The van der Waals surface area contributed by atoms with Crippen molar-refractivity contribution in [3.8, 4) is 0 Å². The molecular weight excluding hydrogens is 245 g/mol. The van der Waals surface area contributed by atoms with E-state index in [1.54, 1.807) is 23.1 Å². The van der Waals surface area contributed by atoms with Gasteiger partial charge in [0.15, 0.2) is 0 Å². The van der Waals surface area contributed by atoms with Crippen molar-refractivity contribution in [2.24, 2.45) is 0 Å². The second-order valence-corrected chi connectivity index (χ2v) is 5.03. The fraction of sp³-hybridized carbons (Fsp3) is 0.500. The predicted octanol–water partition coefficient (Wildman–Crippen LogP) is 0.836. The zero-order chi connectivity index (χ0) is 13.2. The number of amides is 1. The second-order valence-electron chi connectivity index (χ2n) is 5.03. The van der Waals surface area contributed by atoms with Crippen LogP contribution in [0.2, 0.25) is 0 Å². The second kappa shape index (κ2) is 5.27. The number of anilines is 1. The molecular formula is C14H18FN3O. The van der Waals surface area contributed by atoms with E-state index in [2.05, 4.69) is 10.2 Å². The lowest BCUT2D eigenvalue weighted by atomic mass is 10.2. The highest BCUT2D eigenvalue weighted by Gasteiger charge is 2.37. The van der Waals surface area contributed by atoms with Crippen molar-refractivity contribution in [3.63, 3.8) is 0 Å². The van der Waals surface area contributed by atoms with Gasteiger partial charge in [0.05, 0.1) is 11.7 Å². The van der Waals surface area contributed by atoms with Crippen LogP contribution in [0.1, 0.15) is 6.42 Å². The summed E-state index contributed by atoms with van der Waals surface area (Å²) in [6.45, 7) is 4.23. The zero-order valence-corrected chi connectivity index (χ0v) is 10.8. The molecule has 1 amide bonds. The number of para-hydroxylation sites is 1. The maximum atomic E-state index is 13.8. The van der Waals surface area contributed by atoms with Gasteiger partial charge < -0.3 is 10.2 Å². The van der Waals surface area contributed by atoms with E-state index in [0.29, 0.717) is 12.2 Å². The zero-order valence-electron chi connectivity index (χ0n) is 10.8. The number of carbonyl (C=O) groups excluding carboxylic acids is 1. The van der Waals surface area contributed by atoms with Gasteiger partial charge in [-0.05, 0) is 18.6 Å². The van der Waals surface area contributed by atoms with Crippen LogP contribution in [0.25, 0.3) is 0 Å². The van der Waals surface area contributed by atoms with Crippen molar-refractivity contribution in [1.82, 2.24) is 10.2 Å². The molecule has 4 nitrogen and oxygen atoms in total. The molecule has 5 heteroatoms. The average molecular weight is 263 g/mol. The SMILES string of the molecule is O=C1C(N2CCNCC2)CCN1c1ccccc1F. The number of carbonyl (C=O) groups is 1. The highest BCUT2D eigenvalue weighted by molar-refractivity contribution is 5.99. The number of piperazine rings is 1. The molecule has 1 N–H and O–H groups in total. The predicted molar refractivity (Wildman–Crippen MR) is 71.6 cm³/mol. The van der Waals surface area contributed by atoms with Gasteiger partial charge in [-0.3, -0.25) is 9.69 Å². The number of hydrogen-bond acceptors (Lipinski definition) is 3. The van der Waals surface area contributed by atoms with Crippen molar-refractivity contribution in [1.29, 1.82) is 0 Å². The van der Waals surface area contributed by atoms with Crippen molar-refractivity contribution >= 4 is 11.6 Å². The molecule has 0 saturated carbocycles. The number of benzene rings is 1. The molecule has 2 aliphatic heterocycles. The Labute approximate surface area is 112 Å². The van der Waals surface area contributed by atoms with Gasteiger partial charge in [-0.2, -0.15) is 0 Å². The lowest BCUT2D eigenvalue weighted by Gasteiger charge is -2.31. The minimum absolute atomic E-state index is 0.0343. The summed E-state index contributed by atoms with van der Waals surface area (Å²) in [6, 6.07) is 6.41. The van der Waals surface area contributed by atoms with Crippen molar-refractivity contribution in [3.05, 3.63) is 30.1 Å². The molecule has 0 aromatic heterocycles. The van der Waals surface area contributed by atoms with Gasteiger partial charge >= 0.3 is 0 Å². The van der Waals surface area contributed by atoms with Gasteiger partial charge in [0.2, 0.25) is 5.91 Å². The Morgan fingerprint density at radius 2 is 1.89 bits per heavy atom. The summed E-state index contributed by atoms with van der Waals surface area (Å²) in [5, 5.41) is 3.28. The first-order chi connectivity index (χ1) is 9.27. The first kappa shape index (κ1) is 12.6. The van der Waals surface area contributed by atoms with E-state index in [1.165, 1.54) is 6.07 Å². The quantitative estimate of drug-likeness (QED) is 0.858. The van der Waals surface area contributed by atoms with Crippen LogP contribution >= 0.6 is 0 Å². The van der Waals surface area contributed by atoms with Crippen LogP contribution in [0.3, 0.4) is 0 Å². The van der Waals surface area contributed by atoms with Gasteiger partial charge in [0, 0.05) is 32.7 Å². The van der Waals surface area contributed by atoms with E-state index in [-0.39, 0.29) is 17.8 Å². The Kier molecular flexibility index (Phi) is 3.48. The normalized spacial score (nSPS) is 25.0. The van der Waals surface area contributed by atoms with E-state index in [9.17, 15) is 9.18 Å². The monoisotopic (exact) mass is 263 g/mol. The molecule has 1 atom stereocenters. The van der Waals surface area contributed by atoms with Gasteiger partial charge in [-0.1, -0.05) is 12.1 Å². The minimum atomic E-state index is -0.322. The first-order valence-electron chi connectivity index (χ1n) is 6.78. The molecule has 2 heterocycles. The van der Waals surface area contributed by atoms with Crippen LogP contribution in [0, 0.1) is 5.82 Å². The largest absolute Gasteiger partial charge is 0.314 e. The van der Waals surface area contributed by atoms with Crippen molar-refractivity contribution < 1.29 is 9.18 Å². The van der Waals surface area contributed by atoms with Gasteiger partial charge in [0.25, 0.3) is 0 Å². The summed E-state index contributed by atoms with van der Waals surface area (Å²) in [6.07, 6.45) is 0.785. The summed E-state index contributed by atoms with van der Waals surface area (Å²) in [5.74, 6) is -0.288. The van der Waals surface area contributed by atoms with E-state index in [4.69, 9.17) is 0 Å². The lowest BCUT2D eigenvalue weighted by molar-refractivity contribution is -0.121. The van der Waals surface area contributed by atoms with Crippen LogP contribution in [0.15, 0.2) is 24.3 Å². The Hall–Kier alpha value is -1.46. The molecule has 1 unspecified atom stereocenters. The molecule has 2 saturated heterocycles. The fourth-order valence-electron chi connectivity index (χ4n) is 2.91. The Morgan fingerprint density at radius 1 is 1.16 bits per heavy atom. The third-order valence-electron chi connectivity index (χ3n) is 3.91. The van der Waals surface area contributed by atoms with Crippen LogP contribution in [-0.2, 0) is 4.79 Å². The molecule has 0 bridgehead atoms. The summed E-state index contributed by atoms with van der Waals surface area (Å²) < 4.78 is 13.8. The van der Waals surface area contributed by atoms with Crippen LogP contribution in [0.5, 0.6) is 0 Å². The maximum absolute atomic E-state index is 13.8. The maximum Gasteiger partial charge on any atom is 0.244 e. The van der Waals surface area contributed by atoms with E-state index in [1.807, 2.05) is 0 Å². The third-order valence-corrected chi connectivity index (χ3v) is 3.91. The van der Waals surface area contributed by atoms with Crippen LogP contribution < -0.4 is 10.2 Å². The van der Waals surface area contributed by atoms with Gasteiger partial charge in [-0.15, -0.1) is 0 Å². The van der Waals surface area contributed by atoms with Gasteiger partial charge in [0.1, 0.15) is 5.82 Å². The van der Waals surface area contributed by atoms with Crippen molar-refractivity contribution in [2.75, 3.05) is 37.6 Å². The smallest absolute Gasteiger partial charge is 0.244 e. The van der Waals surface area contributed by atoms with E-state index in [0.717, 1.165) is 32.6 Å². The van der Waals surface area contributed by atoms with Gasteiger partial charge in [-0.25, -0.2) is 4.39 Å². The molecule has 1 aromatic rings. The third kappa shape index (κ3) is 2.35.